The van der Waals surface area contributed by atoms with E-state index in [0.29, 0.717) is 10.6 Å². The number of halogens is 2. The smallest absolute Gasteiger partial charge is 0.251 e. The van der Waals surface area contributed by atoms with Crippen LogP contribution < -0.4 is 10.2 Å². The quantitative estimate of drug-likeness (QED) is 0.859. The van der Waals surface area contributed by atoms with E-state index in [-0.39, 0.29) is 11.9 Å². The van der Waals surface area contributed by atoms with E-state index >= 15 is 0 Å². The Morgan fingerprint density at radius 3 is 2.08 bits per heavy atom. The number of carbonyl (C=O) groups is 1. The molecule has 2 aromatic carbocycles. The van der Waals surface area contributed by atoms with Crippen LogP contribution in [0.25, 0.3) is 0 Å². The van der Waals surface area contributed by atoms with Crippen molar-refractivity contribution in [3.05, 3.63) is 69.7 Å². The zero-order valence-corrected chi connectivity index (χ0v) is 14.9. The zero-order chi connectivity index (χ0) is 16.9. The first-order chi connectivity index (χ1) is 11.6. The lowest BCUT2D eigenvalue weighted by Gasteiger charge is -2.29. The second-order valence-corrected chi connectivity index (χ2v) is 7.18. The van der Waals surface area contributed by atoms with Crippen LogP contribution >= 0.6 is 23.2 Å². The summed E-state index contributed by atoms with van der Waals surface area (Å²) in [6, 6.07) is 15.3. The number of piperidine rings is 1. The van der Waals surface area contributed by atoms with Crippen molar-refractivity contribution >= 4 is 29.1 Å². The molecule has 5 heteroatoms. The number of benzene rings is 2. The largest absolute Gasteiger partial charge is 0.349 e. The third kappa shape index (κ3) is 4.73. The van der Waals surface area contributed by atoms with Gasteiger partial charge in [0.2, 0.25) is 0 Å². The molecule has 2 aromatic rings. The first-order valence-corrected chi connectivity index (χ1v) is 9.00. The fraction of sp³-hybridized carbons (Fsp3) is 0.316. The van der Waals surface area contributed by atoms with Gasteiger partial charge < -0.3 is 10.2 Å². The van der Waals surface area contributed by atoms with Gasteiger partial charge in [-0.2, -0.15) is 0 Å². The summed E-state index contributed by atoms with van der Waals surface area (Å²) in [5.41, 5.74) is 1.97. The van der Waals surface area contributed by atoms with Crippen LogP contribution in [0.5, 0.6) is 0 Å². The molecule has 0 radical (unpaired) electrons. The SMILES string of the molecule is O=C(NC1CC[NH+](Cc2ccc(Cl)cc2)CC1)c1ccc(Cl)cc1. The van der Waals surface area contributed by atoms with Crippen molar-refractivity contribution < 1.29 is 9.69 Å². The highest BCUT2D eigenvalue weighted by Crippen LogP contribution is 2.11. The summed E-state index contributed by atoms with van der Waals surface area (Å²) in [5.74, 6) is -0.0159. The van der Waals surface area contributed by atoms with Crippen LogP contribution in [0.1, 0.15) is 28.8 Å². The van der Waals surface area contributed by atoms with Crippen LogP contribution in [-0.2, 0) is 6.54 Å². The monoisotopic (exact) mass is 363 g/mol. The average molecular weight is 364 g/mol. The maximum Gasteiger partial charge on any atom is 0.251 e. The van der Waals surface area contributed by atoms with E-state index in [0.717, 1.165) is 37.5 Å². The second-order valence-electron chi connectivity index (χ2n) is 6.31. The van der Waals surface area contributed by atoms with Gasteiger partial charge in [0.1, 0.15) is 6.54 Å². The van der Waals surface area contributed by atoms with Gasteiger partial charge in [0.15, 0.2) is 0 Å². The molecule has 1 saturated heterocycles. The van der Waals surface area contributed by atoms with Crippen LogP contribution in [0.2, 0.25) is 10.0 Å². The van der Waals surface area contributed by atoms with E-state index in [2.05, 4.69) is 17.4 Å². The highest BCUT2D eigenvalue weighted by atomic mass is 35.5. The highest BCUT2D eigenvalue weighted by Gasteiger charge is 2.23. The van der Waals surface area contributed by atoms with E-state index in [1.807, 2.05) is 12.1 Å². The molecule has 1 amide bonds. The van der Waals surface area contributed by atoms with Gasteiger partial charge in [0, 0.05) is 40.1 Å². The lowest BCUT2D eigenvalue weighted by atomic mass is 10.0. The van der Waals surface area contributed by atoms with Crippen LogP contribution in [0, 0.1) is 0 Å². The van der Waals surface area contributed by atoms with E-state index < -0.39 is 0 Å². The fourth-order valence-corrected chi connectivity index (χ4v) is 3.36. The lowest BCUT2D eigenvalue weighted by molar-refractivity contribution is -0.918. The third-order valence-corrected chi connectivity index (χ3v) is 5.01. The molecule has 1 fully saturated rings. The van der Waals surface area contributed by atoms with Crippen molar-refractivity contribution in [2.45, 2.75) is 25.4 Å². The van der Waals surface area contributed by atoms with Gasteiger partial charge in [-0.1, -0.05) is 35.3 Å². The van der Waals surface area contributed by atoms with Crippen molar-refractivity contribution in [3.8, 4) is 0 Å². The highest BCUT2D eigenvalue weighted by molar-refractivity contribution is 6.30. The number of likely N-dealkylation sites (tertiary alicyclic amines) is 1. The molecule has 3 nitrogen and oxygen atoms in total. The van der Waals surface area contributed by atoms with E-state index in [4.69, 9.17) is 23.2 Å². The second kappa shape index (κ2) is 8.02. The summed E-state index contributed by atoms with van der Waals surface area (Å²) in [6.07, 6.45) is 2.00. The Hall–Kier alpha value is -1.55. The van der Waals surface area contributed by atoms with Crippen molar-refractivity contribution in [2.24, 2.45) is 0 Å². The molecule has 1 aliphatic heterocycles. The molecule has 0 unspecified atom stereocenters. The summed E-state index contributed by atoms with van der Waals surface area (Å²) in [4.78, 5) is 13.8. The van der Waals surface area contributed by atoms with E-state index in [1.165, 1.54) is 5.56 Å². The fourth-order valence-electron chi connectivity index (χ4n) is 3.11. The predicted octanol–water partition coefficient (Wildman–Crippen LogP) is 2.97. The minimum atomic E-state index is -0.0159. The van der Waals surface area contributed by atoms with Gasteiger partial charge in [0.25, 0.3) is 5.91 Å². The standard InChI is InChI=1S/C19H20Cl2N2O/c20-16-5-1-14(2-6-16)13-23-11-9-18(10-12-23)22-19(24)15-3-7-17(21)8-4-15/h1-8,18H,9-13H2,(H,22,24)/p+1. The number of carbonyl (C=O) groups excluding carboxylic acids is 1. The summed E-state index contributed by atoms with van der Waals surface area (Å²) in [7, 11) is 0. The average Bonchev–Trinajstić information content (AvgIpc) is 2.59. The first kappa shape index (κ1) is 17.3. The maximum atomic E-state index is 12.3. The Kier molecular flexibility index (Phi) is 5.77. The first-order valence-electron chi connectivity index (χ1n) is 8.24. The Morgan fingerprint density at radius 2 is 1.50 bits per heavy atom. The number of quaternary nitrogens is 1. The topological polar surface area (TPSA) is 33.5 Å². The summed E-state index contributed by atoms with van der Waals surface area (Å²) in [5, 5.41) is 4.55. The number of nitrogens with one attached hydrogen (secondary N) is 2. The van der Waals surface area contributed by atoms with Gasteiger partial charge in [-0.15, -0.1) is 0 Å². The molecule has 2 N–H and O–H groups in total. The van der Waals surface area contributed by atoms with Crippen molar-refractivity contribution in [1.82, 2.24) is 5.32 Å². The number of rotatable bonds is 4. The molecule has 0 bridgehead atoms. The minimum absolute atomic E-state index is 0.0159. The Balaban J connectivity index is 1.47. The molecular formula is C19H21Cl2N2O+. The van der Waals surface area contributed by atoms with E-state index in [1.54, 1.807) is 29.2 Å². The van der Waals surface area contributed by atoms with Gasteiger partial charge in [-0.25, -0.2) is 0 Å². The molecular weight excluding hydrogens is 343 g/mol. The van der Waals surface area contributed by atoms with Crippen molar-refractivity contribution in [1.29, 1.82) is 0 Å². The number of amides is 1. The van der Waals surface area contributed by atoms with Crippen molar-refractivity contribution in [3.63, 3.8) is 0 Å². The third-order valence-electron chi connectivity index (χ3n) is 4.50. The molecule has 0 atom stereocenters. The Labute approximate surface area is 152 Å². The summed E-state index contributed by atoms with van der Waals surface area (Å²) >= 11 is 11.8. The van der Waals surface area contributed by atoms with Gasteiger partial charge in [0.05, 0.1) is 13.1 Å². The van der Waals surface area contributed by atoms with Crippen LogP contribution in [0.4, 0.5) is 0 Å². The summed E-state index contributed by atoms with van der Waals surface area (Å²) < 4.78 is 0. The predicted molar refractivity (Wildman–Crippen MR) is 97.8 cm³/mol. The van der Waals surface area contributed by atoms with Crippen LogP contribution in [0.3, 0.4) is 0 Å². The maximum absolute atomic E-state index is 12.3. The summed E-state index contributed by atoms with van der Waals surface area (Å²) in [6.45, 7) is 3.14. The molecule has 3 rings (SSSR count). The molecule has 126 valence electrons. The minimum Gasteiger partial charge on any atom is -0.349 e. The number of hydrogen-bond acceptors (Lipinski definition) is 1. The van der Waals surface area contributed by atoms with Gasteiger partial charge in [-0.3, -0.25) is 4.79 Å². The van der Waals surface area contributed by atoms with Crippen LogP contribution in [0.15, 0.2) is 48.5 Å². The molecule has 1 heterocycles. The molecule has 1 aliphatic rings. The van der Waals surface area contributed by atoms with Crippen molar-refractivity contribution in [2.75, 3.05) is 13.1 Å². The molecule has 0 saturated carbocycles. The van der Waals surface area contributed by atoms with E-state index in [9.17, 15) is 4.79 Å². The van der Waals surface area contributed by atoms with Crippen LogP contribution in [-0.4, -0.2) is 25.0 Å². The number of hydrogen-bond donors (Lipinski definition) is 2. The van der Waals surface area contributed by atoms with Gasteiger partial charge >= 0.3 is 0 Å². The molecule has 0 spiro atoms. The molecule has 0 aliphatic carbocycles. The van der Waals surface area contributed by atoms with Gasteiger partial charge in [-0.05, 0) is 36.4 Å². The Bertz CT molecular complexity index is 678. The molecule has 24 heavy (non-hydrogen) atoms. The Morgan fingerprint density at radius 1 is 0.958 bits per heavy atom. The lowest BCUT2D eigenvalue weighted by Crippen LogP contribution is -3.12. The normalized spacial score (nSPS) is 20.6. The zero-order valence-electron chi connectivity index (χ0n) is 13.4. The molecule has 0 aromatic heterocycles.